The minimum absolute atomic E-state index is 0.700. The van der Waals surface area contributed by atoms with Gasteiger partial charge < -0.3 is 0 Å². The van der Waals surface area contributed by atoms with Crippen LogP contribution in [-0.2, 0) is 0 Å². The average Bonchev–Trinajstić information content (AvgIpc) is 2.90. The summed E-state index contributed by atoms with van der Waals surface area (Å²) in [6.07, 6.45) is 12.4. The van der Waals surface area contributed by atoms with E-state index in [4.69, 9.17) is 0 Å². The van der Waals surface area contributed by atoms with Crippen molar-refractivity contribution >= 4 is 0 Å². The molecule has 0 spiro atoms. The smallest absolute Gasteiger partial charge is 0.0261 e. The van der Waals surface area contributed by atoms with Gasteiger partial charge in [-0.1, -0.05) is 34.1 Å². The van der Waals surface area contributed by atoms with Crippen LogP contribution in [0.1, 0.15) is 79.1 Å². The van der Waals surface area contributed by atoms with Gasteiger partial charge in [-0.3, -0.25) is 0 Å². The quantitative estimate of drug-likeness (QED) is 0.515. The van der Waals surface area contributed by atoms with Gasteiger partial charge in [0.25, 0.3) is 0 Å². The lowest BCUT2D eigenvalue weighted by Crippen LogP contribution is -2.51. The first-order chi connectivity index (χ1) is 9.44. The lowest BCUT2D eigenvalue weighted by atomic mass is 9.46. The Morgan fingerprint density at radius 1 is 0.850 bits per heavy atom. The second-order valence-corrected chi connectivity index (χ2v) is 9.83. The summed E-state index contributed by atoms with van der Waals surface area (Å²) in [6.45, 7) is 10.5. The molecule has 0 heterocycles. The Balaban J connectivity index is 1.69. The fraction of sp³-hybridized carbons (Fsp3) is 1.00. The maximum absolute atomic E-state index is 2.70. The Hall–Kier alpha value is 0. The van der Waals surface area contributed by atoms with Crippen LogP contribution in [0.2, 0.25) is 0 Å². The van der Waals surface area contributed by atoms with Crippen LogP contribution >= 0.6 is 0 Å². The van der Waals surface area contributed by atoms with Gasteiger partial charge >= 0.3 is 0 Å². The van der Waals surface area contributed by atoms with Crippen molar-refractivity contribution in [3.8, 4) is 0 Å². The highest BCUT2D eigenvalue weighted by Crippen LogP contribution is 2.68. The number of fused-ring (bicyclic) bond motifs is 5. The van der Waals surface area contributed by atoms with Gasteiger partial charge in [-0.15, -0.1) is 0 Å². The summed E-state index contributed by atoms with van der Waals surface area (Å²) in [5.74, 6) is 6.27. The third kappa shape index (κ3) is 1.66. The summed E-state index contributed by atoms with van der Waals surface area (Å²) in [4.78, 5) is 0. The molecular formula is C20H34. The summed E-state index contributed by atoms with van der Waals surface area (Å²) < 4.78 is 0. The van der Waals surface area contributed by atoms with Crippen LogP contribution in [0.4, 0.5) is 0 Å². The third-order valence-corrected chi connectivity index (χ3v) is 8.69. The van der Waals surface area contributed by atoms with E-state index in [1.807, 2.05) is 0 Å². The maximum Gasteiger partial charge on any atom is -0.0261 e. The molecule has 8 unspecified atom stereocenters. The van der Waals surface area contributed by atoms with Gasteiger partial charge in [0.05, 0.1) is 0 Å². The minimum atomic E-state index is 0.700. The first-order valence-corrected chi connectivity index (χ1v) is 9.44. The minimum Gasteiger partial charge on any atom is -0.0625 e. The van der Waals surface area contributed by atoms with Crippen molar-refractivity contribution in [2.24, 2.45) is 46.3 Å². The average molecular weight is 274 g/mol. The lowest BCUT2D eigenvalue weighted by Gasteiger charge is -2.58. The zero-order valence-electron chi connectivity index (χ0n) is 14.1. The van der Waals surface area contributed by atoms with E-state index in [1.54, 1.807) is 25.7 Å². The van der Waals surface area contributed by atoms with E-state index in [9.17, 15) is 0 Å². The van der Waals surface area contributed by atoms with Crippen molar-refractivity contribution < 1.29 is 0 Å². The Kier molecular flexibility index (Phi) is 2.91. The summed E-state index contributed by atoms with van der Waals surface area (Å²) in [5, 5.41) is 0. The first kappa shape index (κ1) is 13.6. The van der Waals surface area contributed by atoms with Gasteiger partial charge in [0, 0.05) is 0 Å². The molecular weight excluding hydrogens is 240 g/mol. The largest absolute Gasteiger partial charge is 0.0625 e. The fourth-order valence-corrected chi connectivity index (χ4v) is 8.02. The van der Waals surface area contributed by atoms with Crippen molar-refractivity contribution in [1.29, 1.82) is 0 Å². The van der Waals surface area contributed by atoms with Crippen molar-refractivity contribution in [3.05, 3.63) is 0 Å². The highest BCUT2D eigenvalue weighted by Gasteiger charge is 2.60. The first-order valence-electron chi connectivity index (χ1n) is 9.44. The zero-order valence-corrected chi connectivity index (χ0v) is 14.1. The fourth-order valence-electron chi connectivity index (χ4n) is 8.02. The molecule has 4 aliphatic carbocycles. The van der Waals surface area contributed by atoms with Crippen LogP contribution in [0.25, 0.3) is 0 Å². The molecule has 0 nitrogen and oxygen atoms in total. The van der Waals surface area contributed by atoms with Gasteiger partial charge in [-0.25, -0.2) is 0 Å². The molecule has 0 aliphatic heterocycles. The summed E-state index contributed by atoms with van der Waals surface area (Å²) >= 11 is 0. The Labute approximate surface area is 126 Å². The van der Waals surface area contributed by atoms with Crippen LogP contribution in [-0.4, -0.2) is 0 Å². The monoisotopic (exact) mass is 274 g/mol. The molecule has 4 aliphatic rings. The molecule has 8 atom stereocenters. The number of hydrogen-bond donors (Lipinski definition) is 0. The molecule has 0 bridgehead atoms. The zero-order chi connectivity index (χ0) is 14.1. The van der Waals surface area contributed by atoms with Crippen molar-refractivity contribution in [3.63, 3.8) is 0 Å². The molecule has 4 saturated carbocycles. The molecule has 0 aromatic heterocycles. The molecule has 20 heavy (non-hydrogen) atoms. The number of hydrogen-bond acceptors (Lipinski definition) is 0. The predicted molar refractivity (Wildman–Crippen MR) is 85.4 cm³/mol. The SMILES string of the molecule is CC1CC2C(C)CC3C4CCCC4(C)CCC3C2(C)C1. The topological polar surface area (TPSA) is 0 Å². The van der Waals surface area contributed by atoms with E-state index in [0.717, 1.165) is 40.9 Å². The molecule has 4 rings (SSSR count). The molecule has 0 aromatic carbocycles. The normalized spacial score (nSPS) is 61.8. The highest BCUT2D eigenvalue weighted by atomic mass is 14.6. The molecule has 0 radical (unpaired) electrons. The third-order valence-electron chi connectivity index (χ3n) is 8.69. The standard InChI is InChI=1S/C20H34/c1-13-10-18-14(2)11-15-16-6-5-8-19(16,3)9-7-17(15)20(18,4)12-13/h13-18H,5-12H2,1-4H3. The van der Waals surface area contributed by atoms with E-state index in [-0.39, 0.29) is 0 Å². The second kappa shape index (κ2) is 4.26. The Morgan fingerprint density at radius 3 is 2.45 bits per heavy atom. The van der Waals surface area contributed by atoms with E-state index in [1.165, 1.54) is 25.7 Å². The van der Waals surface area contributed by atoms with Gasteiger partial charge in [0.2, 0.25) is 0 Å². The van der Waals surface area contributed by atoms with Crippen molar-refractivity contribution in [2.45, 2.75) is 79.1 Å². The van der Waals surface area contributed by atoms with Crippen LogP contribution in [0.3, 0.4) is 0 Å². The Morgan fingerprint density at radius 2 is 1.65 bits per heavy atom. The molecule has 0 saturated heterocycles. The summed E-state index contributed by atoms with van der Waals surface area (Å²) in [7, 11) is 0. The van der Waals surface area contributed by atoms with Crippen LogP contribution in [0, 0.1) is 46.3 Å². The van der Waals surface area contributed by atoms with E-state index < -0.39 is 0 Å². The maximum atomic E-state index is 2.70. The van der Waals surface area contributed by atoms with E-state index in [0.29, 0.717) is 5.41 Å². The van der Waals surface area contributed by atoms with Crippen LogP contribution in [0.15, 0.2) is 0 Å². The molecule has 0 aromatic rings. The van der Waals surface area contributed by atoms with Crippen LogP contribution < -0.4 is 0 Å². The van der Waals surface area contributed by atoms with Crippen molar-refractivity contribution in [1.82, 2.24) is 0 Å². The van der Waals surface area contributed by atoms with E-state index in [2.05, 4.69) is 27.7 Å². The summed E-state index contributed by atoms with van der Waals surface area (Å²) in [5.41, 5.74) is 1.43. The predicted octanol–water partition coefficient (Wildman–Crippen LogP) is 5.91. The molecule has 4 fully saturated rings. The molecule has 0 heteroatoms. The summed E-state index contributed by atoms with van der Waals surface area (Å²) in [6, 6.07) is 0. The van der Waals surface area contributed by atoms with E-state index >= 15 is 0 Å². The molecule has 0 N–H and O–H groups in total. The van der Waals surface area contributed by atoms with Crippen LogP contribution in [0.5, 0.6) is 0 Å². The number of rotatable bonds is 0. The van der Waals surface area contributed by atoms with Gasteiger partial charge in [0.1, 0.15) is 0 Å². The molecule has 114 valence electrons. The Bertz CT molecular complexity index is 399. The van der Waals surface area contributed by atoms with Gasteiger partial charge in [-0.2, -0.15) is 0 Å². The van der Waals surface area contributed by atoms with Gasteiger partial charge in [0.15, 0.2) is 0 Å². The second-order valence-electron chi connectivity index (χ2n) is 9.83. The lowest BCUT2D eigenvalue weighted by molar-refractivity contribution is -0.0958. The van der Waals surface area contributed by atoms with Gasteiger partial charge in [-0.05, 0) is 91.3 Å². The molecule has 0 amide bonds. The highest BCUT2D eigenvalue weighted by molar-refractivity contribution is 5.09. The van der Waals surface area contributed by atoms with Crippen molar-refractivity contribution in [2.75, 3.05) is 0 Å².